The molecule has 1 aliphatic carbocycles. The molecule has 0 bridgehead atoms. The number of nitrogens with two attached hydrogens (primary N) is 1. The number of benzene rings is 1. The number of nitrogens with zero attached hydrogens (tertiary/aromatic N) is 1. The van der Waals surface area contributed by atoms with Gasteiger partial charge in [-0.2, -0.15) is 5.26 Å². The average molecular weight is 216 g/mol. The number of hydrogen-bond donors (Lipinski definition) is 1. The third kappa shape index (κ3) is 2.02. The third-order valence-electron chi connectivity index (χ3n) is 3.03. The normalized spacial score (nSPS) is 19.9. The van der Waals surface area contributed by atoms with Crippen molar-refractivity contribution < 1.29 is 4.74 Å². The highest BCUT2D eigenvalue weighted by molar-refractivity contribution is 5.40. The molecule has 2 rings (SSSR count). The number of ether oxygens (including phenoxy) is 1. The molecule has 3 heteroatoms. The Morgan fingerprint density at radius 1 is 1.62 bits per heavy atom. The lowest BCUT2D eigenvalue weighted by Crippen LogP contribution is -2.12. The van der Waals surface area contributed by atoms with Gasteiger partial charge in [0.05, 0.1) is 0 Å². The first-order valence-electron chi connectivity index (χ1n) is 5.69. The van der Waals surface area contributed by atoms with E-state index in [-0.39, 0.29) is 12.1 Å². The van der Waals surface area contributed by atoms with Crippen LogP contribution in [-0.4, -0.2) is 6.10 Å². The van der Waals surface area contributed by atoms with Crippen molar-refractivity contribution in [1.82, 2.24) is 0 Å². The van der Waals surface area contributed by atoms with Crippen molar-refractivity contribution in [2.75, 3.05) is 0 Å². The first-order chi connectivity index (χ1) is 7.74. The molecule has 1 aromatic carbocycles. The zero-order valence-corrected chi connectivity index (χ0v) is 9.44. The second-order valence-corrected chi connectivity index (χ2v) is 4.15. The Hall–Kier alpha value is -1.53. The number of rotatable bonds is 3. The molecule has 0 saturated carbocycles. The molecule has 1 aliphatic rings. The number of fused-ring (bicyclic) bond motifs is 1. The van der Waals surface area contributed by atoms with Gasteiger partial charge in [-0.25, -0.2) is 0 Å². The van der Waals surface area contributed by atoms with Gasteiger partial charge in [0.15, 0.2) is 6.10 Å². The third-order valence-corrected chi connectivity index (χ3v) is 3.03. The van der Waals surface area contributed by atoms with Gasteiger partial charge in [-0.3, -0.25) is 0 Å². The van der Waals surface area contributed by atoms with Gasteiger partial charge < -0.3 is 10.5 Å². The van der Waals surface area contributed by atoms with Crippen LogP contribution in [0, 0.1) is 11.3 Å². The van der Waals surface area contributed by atoms with Crippen molar-refractivity contribution in [3.8, 4) is 11.8 Å². The fourth-order valence-electron chi connectivity index (χ4n) is 2.07. The van der Waals surface area contributed by atoms with Crippen molar-refractivity contribution >= 4 is 0 Å². The smallest absolute Gasteiger partial charge is 0.184 e. The minimum atomic E-state index is -0.354. The molecule has 0 aromatic heterocycles. The van der Waals surface area contributed by atoms with Crippen molar-refractivity contribution in [2.24, 2.45) is 5.73 Å². The molecule has 0 spiro atoms. The van der Waals surface area contributed by atoms with E-state index in [1.165, 1.54) is 11.1 Å². The molecule has 0 saturated heterocycles. The van der Waals surface area contributed by atoms with Gasteiger partial charge in [-0.1, -0.05) is 13.0 Å². The monoisotopic (exact) mass is 216 g/mol. The molecular formula is C13H16N2O. The SMILES string of the molecule is CCC(C#N)Oc1ccc2c(c1)CCC2N. The van der Waals surface area contributed by atoms with Gasteiger partial charge in [-0.05, 0) is 42.5 Å². The highest BCUT2D eigenvalue weighted by Gasteiger charge is 2.19. The lowest BCUT2D eigenvalue weighted by atomic mass is 10.1. The topological polar surface area (TPSA) is 59.0 Å². The Bertz CT molecular complexity index is 422. The van der Waals surface area contributed by atoms with Crippen molar-refractivity contribution in [3.63, 3.8) is 0 Å². The van der Waals surface area contributed by atoms with Crippen LogP contribution in [0.15, 0.2) is 18.2 Å². The van der Waals surface area contributed by atoms with E-state index in [2.05, 4.69) is 6.07 Å². The lowest BCUT2D eigenvalue weighted by molar-refractivity contribution is 0.251. The van der Waals surface area contributed by atoms with E-state index in [1.807, 2.05) is 25.1 Å². The Morgan fingerprint density at radius 2 is 2.44 bits per heavy atom. The van der Waals surface area contributed by atoms with Crippen LogP contribution >= 0.6 is 0 Å². The van der Waals surface area contributed by atoms with Crippen LogP contribution in [0.1, 0.15) is 36.9 Å². The van der Waals surface area contributed by atoms with Crippen LogP contribution in [0.5, 0.6) is 5.75 Å². The van der Waals surface area contributed by atoms with Crippen LogP contribution < -0.4 is 10.5 Å². The molecule has 2 N–H and O–H groups in total. The predicted octanol–water partition coefficient (Wildman–Crippen LogP) is 2.31. The van der Waals surface area contributed by atoms with Gasteiger partial charge in [0.25, 0.3) is 0 Å². The van der Waals surface area contributed by atoms with Gasteiger partial charge in [0, 0.05) is 6.04 Å². The van der Waals surface area contributed by atoms with E-state index in [9.17, 15) is 0 Å². The Morgan fingerprint density at radius 3 is 3.12 bits per heavy atom. The molecule has 0 amide bonds. The molecule has 3 nitrogen and oxygen atoms in total. The summed E-state index contributed by atoms with van der Waals surface area (Å²) in [7, 11) is 0. The quantitative estimate of drug-likeness (QED) is 0.843. The van der Waals surface area contributed by atoms with E-state index in [0.29, 0.717) is 6.42 Å². The predicted molar refractivity (Wildman–Crippen MR) is 62.0 cm³/mol. The summed E-state index contributed by atoms with van der Waals surface area (Å²) in [4.78, 5) is 0. The molecule has 2 unspecified atom stereocenters. The summed E-state index contributed by atoms with van der Waals surface area (Å²) >= 11 is 0. The standard InChI is InChI=1S/C13H16N2O/c1-2-10(8-14)16-11-4-5-12-9(7-11)3-6-13(12)15/h4-5,7,10,13H,2-3,6,15H2,1H3. The number of nitriles is 1. The summed E-state index contributed by atoms with van der Waals surface area (Å²) in [6.07, 6.45) is 2.37. The maximum Gasteiger partial charge on any atom is 0.184 e. The van der Waals surface area contributed by atoms with E-state index >= 15 is 0 Å². The highest BCUT2D eigenvalue weighted by Crippen LogP contribution is 2.32. The Labute approximate surface area is 95.8 Å². The van der Waals surface area contributed by atoms with E-state index in [0.717, 1.165) is 18.6 Å². The average Bonchev–Trinajstić information content (AvgIpc) is 2.68. The van der Waals surface area contributed by atoms with Gasteiger partial charge in [-0.15, -0.1) is 0 Å². The maximum absolute atomic E-state index is 8.83. The van der Waals surface area contributed by atoms with Crippen molar-refractivity contribution in [2.45, 2.75) is 38.3 Å². The lowest BCUT2D eigenvalue weighted by Gasteiger charge is -2.12. The minimum Gasteiger partial charge on any atom is -0.476 e. The molecule has 0 aliphatic heterocycles. The molecule has 16 heavy (non-hydrogen) atoms. The second kappa shape index (κ2) is 4.54. The summed E-state index contributed by atoms with van der Waals surface area (Å²) in [6, 6.07) is 8.24. The molecular weight excluding hydrogens is 200 g/mol. The summed E-state index contributed by atoms with van der Waals surface area (Å²) in [5.74, 6) is 0.779. The molecule has 0 fully saturated rings. The summed E-state index contributed by atoms with van der Waals surface area (Å²) < 4.78 is 5.57. The molecule has 1 aromatic rings. The maximum atomic E-state index is 8.83. The minimum absolute atomic E-state index is 0.169. The van der Waals surface area contributed by atoms with Crippen LogP contribution in [0.3, 0.4) is 0 Å². The van der Waals surface area contributed by atoms with Crippen molar-refractivity contribution in [3.05, 3.63) is 29.3 Å². The van der Waals surface area contributed by atoms with Crippen LogP contribution in [0.2, 0.25) is 0 Å². The van der Waals surface area contributed by atoms with Gasteiger partial charge in [0.2, 0.25) is 0 Å². The van der Waals surface area contributed by atoms with E-state index in [4.69, 9.17) is 15.7 Å². The zero-order chi connectivity index (χ0) is 11.5. The first-order valence-corrected chi connectivity index (χ1v) is 5.69. The molecule has 84 valence electrons. The first kappa shape index (κ1) is 11.0. The largest absolute Gasteiger partial charge is 0.476 e. The van der Waals surface area contributed by atoms with Crippen LogP contribution in [0.25, 0.3) is 0 Å². The van der Waals surface area contributed by atoms with Gasteiger partial charge >= 0.3 is 0 Å². The second-order valence-electron chi connectivity index (χ2n) is 4.15. The zero-order valence-electron chi connectivity index (χ0n) is 9.44. The van der Waals surface area contributed by atoms with Crippen LogP contribution in [0.4, 0.5) is 0 Å². The Kier molecular flexibility index (Phi) is 3.12. The molecule has 0 heterocycles. The molecule has 2 atom stereocenters. The van der Waals surface area contributed by atoms with Gasteiger partial charge in [0.1, 0.15) is 11.8 Å². The molecule has 0 radical (unpaired) electrons. The van der Waals surface area contributed by atoms with Crippen LogP contribution in [-0.2, 0) is 6.42 Å². The number of aryl methyl sites for hydroxylation is 1. The summed E-state index contributed by atoms with van der Waals surface area (Å²) in [5, 5.41) is 8.83. The summed E-state index contributed by atoms with van der Waals surface area (Å²) in [5.41, 5.74) is 8.44. The fraction of sp³-hybridized carbons (Fsp3) is 0.462. The Balaban J connectivity index is 2.17. The van der Waals surface area contributed by atoms with E-state index < -0.39 is 0 Å². The van der Waals surface area contributed by atoms with Crippen molar-refractivity contribution in [1.29, 1.82) is 5.26 Å². The highest BCUT2D eigenvalue weighted by atomic mass is 16.5. The number of hydrogen-bond acceptors (Lipinski definition) is 3. The fourth-order valence-corrected chi connectivity index (χ4v) is 2.07. The van der Waals surface area contributed by atoms with E-state index in [1.54, 1.807) is 0 Å². The summed E-state index contributed by atoms with van der Waals surface area (Å²) in [6.45, 7) is 1.94.